The number of carbonyl (C=O) groups excluding carboxylic acids is 1. The van der Waals surface area contributed by atoms with Gasteiger partial charge in [-0.1, -0.05) is 53.8 Å². The Morgan fingerprint density at radius 3 is 2.79 bits per heavy atom. The molecule has 1 aromatic heterocycles. The quantitative estimate of drug-likeness (QED) is 0.466. The van der Waals surface area contributed by atoms with Gasteiger partial charge in [-0.05, 0) is 55.3 Å². The summed E-state index contributed by atoms with van der Waals surface area (Å²) >= 11 is 8.95. The van der Waals surface area contributed by atoms with E-state index >= 15 is 0 Å². The molecule has 1 amide bonds. The molecular formula is C19H25ClN4O2S2. The zero-order chi connectivity index (χ0) is 19.8. The zero-order valence-corrected chi connectivity index (χ0v) is 18.3. The molecule has 0 unspecified atom stereocenters. The molecule has 0 radical (unpaired) electrons. The van der Waals surface area contributed by atoms with Crippen LogP contribution in [0.3, 0.4) is 0 Å². The van der Waals surface area contributed by atoms with Gasteiger partial charge in [-0.2, -0.15) is 0 Å². The van der Waals surface area contributed by atoms with Gasteiger partial charge in [0.1, 0.15) is 0 Å². The maximum Gasteiger partial charge on any atom is 0.240 e. The number of hydrogen-bond donors (Lipinski definition) is 1. The van der Waals surface area contributed by atoms with Gasteiger partial charge in [-0.3, -0.25) is 15.0 Å². The number of halogens is 1. The first-order valence-corrected chi connectivity index (χ1v) is 11.6. The van der Waals surface area contributed by atoms with E-state index in [0.29, 0.717) is 24.2 Å². The number of piperidine rings is 1. The Kier molecular flexibility index (Phi) is 8.54. The van der Waals surface area contributed by atoms with E-state index in [1.165, 1.54) is 11.3 Å². The Hall–Kier alpha value is -1.19. The van der Waals surface area contributed by atoms with Crippen LogP contribution in [0.25, 0.3) is 0 Å². The Labute approximate surface area is 179 Å². The van der Waals surface area contributed by atoms with Crippen molar-refractivity contribution in [1.29, 1.82) is 0 Å². The summed E-state index contributed by atoms with van der Waals surface area (Å²) in [6.07, 6.45) is 2.09. The van der Waals surface area contributed by atoms with E-state index < -0.39 is 0 Å². The van der Waals surface area contributed by atoms with Crippen molar-refractivity contribution in [2.24, 2.45) is 5.92 Å². The van der Waals surface area contributed by atoms with Crippen molar-refractivity contribution in [3.8, 4) is 0 Å². The first-order chi connectivity index (χ1) is 13.6. The average Bonchev–Trinajstić information content (AvgIpc) is 3.12. The number of thioether (sulfide) groups is 1. The summed E-state index contributed by atoms with van der Waals surface area (Å²) < 4.78 is 6.75. The molecular weight excluding hydrogens is 416 g/mol. The summed E-state index contributed by atoms with van der Waals surface area (Å²) in [6.45, 7) is 5.65. The molecule has 0 bridgehead atoms. The standard InChI is InChI=1S/C19H25ClN4O2S2/c1-2-27-19-23-22-18(28-19)21-17(25)11-24-9-7-15(8-10-24)13-26-12-14-3-5-16(20)6-4-14/h3-6,15H,2,7-13H2,1H3,(H,21,22,25). The minimum absolute atomic E-state index is 0.0263. The number of ether oxygens (including phenoxy) is 1. The van der Waals surface area contributed by atoms with Gasteiger partial charge in [-0.15, -0.1) is 10.2 Å². The van der Waals surface area contributed by atoms with E-state index in [9.17, 15) is 4.79 Å². The smallest absolute Gasteiger partial charge is 0.240 e. The number of amides is 1. The van der Waals surface area contributed by atoms with Crippen molar-refractivity contribution < 1.29 is 9.53 Å². The molecule has 0 aliphatic carbocycles. The molecule has 152 valence electrons. The molecule has 2 aromatic rings. The maximum atomic E-state index is 12.2. The molecule has 0 saturated carbocycles. The SMILES string of the molecule is CCSc1nnc(NC(=O)CN2CCC(COCc3ccc(Cl)cc3)CC2)s1. The molecule has 1 aliphatic heterocycles. The number of anilines is 1. The lowest BCUT2D eigenvalue weighted by atomic mass is 9.98. The zero-order valence-electron chi connectivity index (χ0n) is 15.9. The van der Waals surface area contributed by atoms with Gasteiger partial charge in [0.15, 0.2) is 4.34 Å². The second-order valence-electron chi connectivity index (χ2n) is 6.72. The number of nitrogens with zero attached hydrogens (tertiary/aromatic N) is 3. The fourth-order valence-electron chi connectivity index (χ4n) is 3.04. The highest BCUT2D eigenvalue weighted by Crippen LogP contribution is 2.25. The van der Waals surface area contributed by atoms with Gasteiger partial charge < -0.3 is 4.74 Å². The second-order valence-corrected chi connectivity index (χ2v) is 9.64. The van der Waals surface area contributed by atoms with Crippen molar-refractivity contribution in [2.75, 3.05) is 37.3 Å². The summed E-state index contributed by atoms with van der Waals surface area (Å²) in [7, 11) is 0. The van der Waals surface area contributed by atoms with Gasteiger partial charge in [0.05, 0.1) is 13.2 Å². The fourth-order valence-corrected chi connectivity index (χ4v) is 4.83. The third kappa shape index (κ3) is 7.00. The van der Waals surface area contributed by atoms with Crippen LogP contribution in [-0.4, -0.2) is 53.0 Å². The minimum atomic E-state index is -0.0263. The number of likely N-dealkylation sites (tertiary alicyclic amines) is 1. The van der Waals surface area contributed by atoms with E-state index in [1.807, 2.05) is 24.3 Å². The summed E-state index contributed by atoms with van der Waals surface area (Å²) in [5.74, 6) is 1.46. The van der Waals surface area contributed by atoms with Crippen LogP contribution in [0.2, 0.25) is 5.02 Å². The predicted molar refractivity (Wildman–Crippen MR) is 115 cm³/mol. The van der Waals surface area contributed by atoms with E-state index in [0.717, 1.165) is 53.2 Å². The van der Waals surface area contributed by atoms with Crippen molar-refractivity contribution in [3.05, 3.63) is 34.9 Å². The van der Waals surface area contributed by atoms with Crippen molar-refractivity contribution in [1.82, 2.24) is 15.1 Å². The maximum absolute atomic E-state index is 12.2. The number of hydrogen-bond acceptors (Lipinski definition) is 7. The van der Waals surface area contributed by atoms with Gasteiger partial charge in [0, 0.05) is 11.6 Å². The molecule has 1 aliphatic rings. The third-order valence-electron chi connectivity index (χ3n) is 4.53. The Balaban J connectivity index is 1.32. The van der Waals surface area contributed by atoms with Gasteiger partial charge in [0.2, 0.25) is 11.0 Å². The lowest BCUT2D eigenvalue weighted by molar-refractivity contribution is -0.117. The minimum Gasteiger partial charge on any atom is -0.376 e. The molecule has 9 heteroatoms. The molecule has 1 fully saturated rings. The highest BCUT2D eigenvalue weighted by atomic mass is 35.5. The molecule has 0 spiro atoms. The van der Waals surface area contributed by atoms with Crippen LogP contribution >= 0.6 is 34.7 Å². The monoisotopic (exact) mass is 440 g/mol. The summed E-state index contributed by atoms with van der Waals surface area (Å²) in [4.78, 5) is 14.4. The van der Waals surface area contributed by atoms with Gasteiger partial charge in [0.25, 0.3) is 0 Å². The van der Waals surface area contributed by atoms with Crippen LogP contribution in [0.15, 0.2) is 28.6 Å². The molecule has 1 aromatic carbocycles. The van der Waals surface area contributed by atoms with Crippen LogP contribution in [0.1, 0.15) is 25.3 Å². The van der Waals surface area contributed by atoms with Crippen molar-refractivity contribution >= 4 is 45.7 Å². The van der Waals surface area contributed by atoms with Crippen LogP contribution < -0.4 is 5.32 Å². The number of benzene rings is 1. The molecule has 6 nitrogen and oxygen atoms in total. The largest absolute Gasteiger partial charge is 0.376 e. The lowest BCUT2D eigenvalue weighted by Gasteiger charge is -2.31. The number of carbonyl (C=O) groups is 1. The average molecular weight is 441 g/mol. The Bertz CT molecular complexity index is 749. The van der Waals surface area contributed by atoms with Crippen molar-refractivity contribution in [3.63, 3.8) is 0 Å². The Morgan fingerprint density at radius 2 is 2.07 bits per heavy atom. The Morgan fingerprint density at radius 1 is 1.32 bits per heavy atom. The normalized spacial score (nSPS) is 15.6. The second kappa shape index (κ2) is 11.1. The van der Waals surface area contributed by atoms with E-state index in [2.05, 4.69) is 27.3 Å². The van der Waals surface area contributed by atoms with Crippen molar-refractivity contribution in [2.45, 2.75) is 30.7 Å². The van der Waals surface area contributed by atoms with E-state index in [4.69, 9.17) is 16.3 Å². The number of rotatable bonds is 9. The van der Waals surface area contributed by atoms with Crippen LogP contribution in [0.4, 0.5) is 5.13 Å². The number of aromatic nitrogens is 2. The topological polar surface area (TPSA) is 67.4 Å². The summed E-state index contributed by atoms with van der Waals surface area (Å²) in [5.41, 5.74) is 1.13. The molecule has 2 heterocycles. The first kappa shape index (κ1) is 21.5. The van der Waals surface area contributed by atoms with E-state index in [-0.39, 0.29) is 5.91 Å². The highest BCUT2D eigenvalue weighted by Gasteiger charge is 2.21. The van der Waals surface area contributed by atoms with Gasteiger partial charge in [-0.25, -0.2) is 0 Å². The molecule has 28 heavy (non-hydrogen) atoms. The fraction of sp³-hybridized carbons (Fsp3) is 0.526. The highest BCUT2D eigenvalue weighted by molar-refractivity contribution is 8.01. The molecule has 0 atom stereocenters. The molecule has 1 N–H and O–H groups in total. The lowest BCUT2D eigenvalue weighted by Crippen LogP contribution is -2.40. The third-order valence-corrected chi connectivity index (χ3v) is 6.64. The summed E-state index contributed by atoms with van der Waals surface area (Å²) in [6, 6.07) is 7.75. The molecule has 3 rings (SSSR count). The summed E-state index contributed by atoms with van der Waals surface area (Å²) in [5, 5.41) is 12.2. The van der Waals surface area contributed by atoms with Crippen LogP contribution in [0.5, 0.6) is 0 Å². The first-order valence-electron chi connectivity index (χ1n) is 9.43. The molecule has 1 saturated heterocycles. The van der Waals surface area contributed by atoms with E-state index in [1.54, 1.807) is 11.8 Å². The van der Waals surface area contributed by atoms with Crippen LogP contribution in [-0.2, 0) is 16.1 Å². The number of nitrogens with one attached hydrogen (secondary N) is 1. The van der Waals surface area contributed by atoms with Gasteiger partial charge >= 0.3 is 0 Å². The predicted octanol–water partition coefficient (Wildman–Crippen LogP) is 4.17. The van der Waals surface area contributed by atoms with Crippen LogP contribution in [0, 0.1) is 5.92 Å².